The molecule has 0 unspecified atom stereocenters. The Hall–Kier alpha value is -1.76. The summed E-state index contributed by atoms with van der Waals surface area (Å²) in [6.07, 6.45) is 1.02. The summed E-state index contributed by atoms with van der Waals surface area (Å²) < 4.78 is 0.767. The molecule has 0 bridgehead atoms. The van der Waals surface area contributed by atoms with Crippen molar-refractivity contribution in [1.29, 1.82) is 5.26 Å². The quantitative estimate of drug-likeness (QED) is 0.511. The van der Waals surface area contributed by atoms with Crippen LogP contribution in [0.4, 0.5) is 10.8 Å². The van der Waals surface area contributed by atoms with E-state index in [1.807, 2.05) is 26.0 Å². The van der Waals surface area contributed by atoms with Gasteiger partial charge in [-0.2, -0.15) is 5.26 Å². The standard InChI is InChI=1S/C16H19N5OS3/c1-4-5-18-15-20-21-16(25-15)23-8-13(22)19-14-10(2)6-12(24-9-17)7-11(14)3/h6-7H,4-5,8H2,1-3H3,(H,18,20)(H,19,22). The largest absolute Gasteiger partial charge is 0.360 e. The number of aromatic nitrogens is 2. The molecule has 1 aromatic carbocycles. The van der Waals surface area contributed by atoms with Gasteiger partial charge in [-0.3, -0.25) is 4.79 Å². The SMILES string of the molecule is CCCNc1nnc(SCC(=O)Nc2c(C)cc(SC#N)cc2C)s1. The third-order valence-electron chi connectivity index (χ3n) is 3.19. The fraction of sp³-hybridized carbons (Fsp3) is 0.375. The van der Waals surface area contributed by atoms with Gasteiger partial charge in [0.05, 0.1) is 5.75 Å². The molecule has 25 heavy (non-hydrogen) atoms. The molecule has 2 aromatic rings. The molecule has 0 aliphatic rings. The number of aryl methyl sites for hydroxylation is 2. The number of thiocyanates is 1. The number of carbonyl (C=O) groups excluding carboxylic acids is 1. The first-order valence-electron chi connectivity index (χ1n) is 7.70. The Morgan fingerprint density at radius 2 is 2.04 bits per heavy atom. The molecular formula is C16H19N5OS3. The first-order valence-corrected chi connectivity index (χ1v) is 10.3. The Kier molecular flexibility index (Phi) is 7.55. The minimum absolute atomic E-state index is 0.0878. The van der Waals surface area contributed by atoms with Gasteiger partial charge in [0.15, 0.2) is 4.34 Å². The summed E-state index contributed by atoms with van der Waals surface area (Å²) in [5, 5.41) is 25.9. The van der Waals surface area contributed by atoms with Gasteiger partial charge >= 0.3 is 0 Å². The van der Waals surface area contributed by atoms with Crippen molar-refractivity contribution in [3.8, 4) is 5.40 Å². The van der Waals surface area contributed by atoms with Crippen LogP contribution in [-0.2, 0) is 4.79 Å². The van der Waals surface area contributed by atoms with Gasteiger partial charge < -0.3 is 10.6 Å². The molecule has 1 heterocycles. The summed E-state index contributed by atoms with van der Waals surface area (Å²) in [6.45, 7) is 6.79. The average Bonchev–Trinajstić information content (AvgIpc) is 3.02. The van der Waals surface area contributed by atoms with Crippen LogP contribution in [-0.4, -0.2) is 28.4 Å². The maximum absolute atomic E-state index is 12.2. The molecule has 0 fully saturated rings. The van der Waals surface area contributed by atoms with Gasteiger partial charge in [0.1, 0.15) is 5.40 Å². The molecular weight excluding hydrogens is 374 g/mol. The fourth-order valence-corrected chi connectivity index (χ4v) is 4.26. The normalized spacial score (nSPS) is 10.3. The van der Waals surface area contributed by atoms with Crippen molar-refractivity contribution in [2.75, 3.05) is 22.9 Å². The summed E-state index contributed by atoms with van der Waals surface area (Å²) in [5.74, 6) is 0.186. The van der Waals surface area contributed by atoms with Gasteiger partial charge in [-0.05, 0) is 55.3 Å². The highest BCUT2D eigenvalue weighted by Gasteiger charge is 2.12. The zero-order valence-electron chi connectivity index (χ0n) is 14.3. The first kappa shape index (κ1) is 19.6. The predicted molar refractivity (Wildman–Crippen MR) is 105 cm³/mol. The lowest BCUT2D eigenvalue weighted by Gasteiger charge is -2.12. The number of rotatable bonds is 8. The summed E-state index contributed by atoms with van der Waals surface area (Å²) in [5.41, 5.74) is 2.69. The topological polar surface area (TPSA) is 90.7 Å². The van der Waals surface area contributed by atoms with E-state index >= 15 is 0 Å². The van der Waals surface area contributed by atoms with Crippen LogP contribution in [0, 0.1) is 24.5 Å². The van der Waals surface area contributed by atoms with Crippen molar-refractivity contribution < 1.29 is 4.79 Å². The van der Waals surface area contributed by atoms with Crippen molar-refractivity contribution in [1.82, 2.24) is 10.2 Å². The monoisotopic (exact) mass is 393 g/mol. The maximum atomic E-state index is 12.2. The zero-order chi connectivity index (χ0) is 18.2. The van der Waals surface area contributed by atoms with E-state index in [0.29, 0.717) is 0 Å². The molecule has 0 atom stereocenters. The third-order valence-corrected chi connectivity index (χ3v) is 5.77. The highest BCUT2D eigenvalue weighted by Crippen LogP contribution is 2.29. The van der Waals surface area contributed by atoms with Gasteiger partial charge in [0, 0.05) is 17.1 Å². The highest BCUT2D eigenvalue weighted by molar-refractivity contribution is 8.03. The van der Waals surface area contributed by atoms with Crippen molar-refractivity contribution in [2.24, 2.45) is 0 Å². The van der Waals surface area contributed by atoms with Crippen LogP contribution < -0.4 is 10.6 Å². The Bertz CT molecular complexity index is 761. The smallest absolute Gasteiger partial charge is 0.234 e. The predicted octanol–water partition coefficient (Wildman–Crippen LogP) is 4.28. The lowest BCUT2D eigenvalue weighted by molar-refractivity contribution is -0.113. The molecule has 0 aliphatic heterocycles. The van der Waals surface area contributed by atoms with Gasteiger partial charge in [0.2, 0.25) is 11.0 Å². The van der Waals surface area contributed by atoms with E-state index in [1.165, 1.54) is 23.1 Å². The van der Waals surface area contributed by atoms with Gasteiger partial charge in [-0.15, -0.1) is 10.2 Å². The number of nitrogens with one attached hydrogen (secondary N) is 2. The Balaban J connectivity index is 1.92. The number of benzene rings is 1. The van der Waals surface area contributed by atoms with Gasteiger partial charge in [0.25, 0.3) is 0 Å². The second-order valence-electron chi connectivity index (χ2n) is 5.26. The van der Waals surface area contributed by atoms with Crippen molar-refractivity contribution >= 4 is 51.6 Å². The lowest BCUT2D eigenvalue weighted by atomic mass is 10.1. The van der Waals surface area contributed by atoms with E-state index in [2.05, 4.69) is 33.2 Å². The van der Waals surface area contributed by atoms with Crippen LogP contribution in [0.2, 0.25) is 0 Å². The maximum Gasteiger partial charge on any atom is 0.234 e. The van der Waals surface area contributed by atoms with Crippen LogP contribution in [0.3, 0.4) is 0 Å². The van der Waals surface area contributed by atoms with Crippen molar-refractivity contribution in [2.45, 2.75) is 36.4 Å². The average molecular weight is 394 g/mol. The van der Waals surface area contributed by atoms with Crippen LogP contribution in [0.5, 0.6) is 0 Å². The lowest BCUT2D eigenvalue weighted by Crippen LogP contribution is -2.15. The first-order chi connectivity index (χ1) is 12.0. The Morgan fingerprint density at radius 1 is 1.32 bits per heavy atom. The third kappa shape index (κ3) is 5.92. The number of amides is 1. The molecule has 0 spiro atoms. The second-order valence-corrected chi connectivity index (χ2v) is 8.32. The molecule has 2 rings (SSSR count). The number of thioether (sulfide) groups is 2. The van der Waals surface area contributed by atoms with E-state index < -0.39 is 0 Å². The number of hydrogen-bond acceptors (Lipinski definition) is 8. The number of nitriles is 1. The number of anilines is 2. The molecule has 1 aromatic heterocycles. The second kappa shape index (κ2) is 9.65. The molecule has 0 aliphatic carbocycles. The minimum atomic E-state index is -0.0878. The van der Waals surface area contributed by atoms with E-state index in [4.69, 9.17) is 5.26 Å². The van der Waals surface area contributed by atoms with E-state index in [1.54, 1.807) is 0 Å². The van der Waals surface area contributed by atoms with Gasteiger partial charge in [-0.1, -0.05) is 30.0 Å². The zero-order valence-corrected chi connectivity index (χ0v) is 16.7. The van der Waals surface area contributed by atoms with E-state index in [-0.39, 0.29) is 11.7 Å². The van der Waals surface area contributed by atoms with Crippen LogP contribution in [0.15, 0.2) is 21.4 Å². The molecule has 2 N–H and O–H groups in total. The van der Waals surface area contributed by atoms with Crippen molar-refractivity contribution in [3.63, 3.8) is 0 Å². The van der Waals surface area contributed by atoms with Crippen molar-refractivity contribution in [3.05, 3.63) is 23.3 Å². The fourth-order valence-electron chi connectivity index (χ4n) is 2.11. The molecule has 1 amide bonds. The molecule has 6 nitrogen and oxygen atoms in total. The summed E-state index contributed by atoms with van der Waals surface area (Å²) >= 11 is 3.94. The van der Waals surface area contributed by atoms with Gasteiger partial charge in [-0.25, -0.2) is 0 Å². The Morgan fingerprint density at radius 3 is 2.68 bits per heavy atom. The summed E-state index contributed by atoms with van der Waals surface area (Å²) in [4.78, 5) is 13.1. The van der Waals surface area contributed by atoms with E-state index in [9.17, 15) is 4.79 Å². The number of carbonyl (C=O) groups is 1. The molecule has 0 saturated carbocycles. The molecule has 0 radical (unpaired) electrons. The number of nitrogens with zero attached hydrogens (tertiary/aromatic N) is 3. The molecule has 132 valence electrons. The minimum Gasteiger partial charge on any atom is -0.360 e. The summed E-state index contributed by atoms with van der Waals surface area (Å²) in [7, 11) is 0. The van der Waals surface area contributed by atoms with E-state index in [0.717, 1.165) is 55.9 Å². The van der Waals surface area contributed by atoms with Crippen LogP contribution in [0.25, 0.3) is 0 Å². The molecule has 0 saturated heterocycles. The summed E-state index contributed by atoms with van der Waals surface area (Å²) in [6, 6.07) is 3.81. The number of hydrogen-bond donors (Lipinski definition) is 2. The molecule has 9 heteroatoms. The Labute approximate surface area is 159 Å². The van der Waals surface area contributed by atoms with Crippen LogP contribution >= 0.6 is 34.9 Å². The van der Waals surface area contributed by atoms with Crippen LogP contribution in [0.1, 0.15) is 24.5 Å². The highest BCUT2D eigenvalue weighted by atomic mass is 32.2.